The molecule has 0 saturated carbocycles. The summed E-state index contributed by atoms with van der Waals surface area (Å²) >= 11 is 0. The Kier molecular flexibility index (Phi) is 6.75. The number of nitrogens with zero attached hydrogens (tertiary/aromatic N) is 4. The van der Waals surface area contributed by atoms with Crippen LogP contribution in [0, 0.1) is 12.8 Å². The third-order valence-corrected chi connectivity index (χ3v) is 6.71. The number of hydrogen-bond acceptors (Lipinski definition) is 6. The highest BCUT2D eigenvalue weighted by Crippen LogP contribution is 2.29. The smallest absolute Gasteiger partial charge is 0.223 e. The van der Waals surface area contributed by atoms with Crippen molar-refractivity contribution in [1.29, 1.82) is 0 Å². The Morgan fingerprint density at radius 1 is 1.00 bits per heavy atom. The van der Waals surface area contributed by atoms with Crippen molar-refractivity contribution in [2.75, 3.05) is 32.2 Å². The van der Waals surface area contributed by atoms with Crippen LogP contribution in [0.1, 0.15) is 24.1 Å². The van der Waals surface area contributed by atoms with Crippen LogP contribution >= 0.6 is 0 Å². The molecule has 0 bridgehead atoms. The van der Waals surface area contributed by atoms with E-state index in [9.17, 15) is 4.79 Å². The zero-order chi connectivity index (χ0) is 25.1. The topological polar surface area (TPSA) is 81.0 Å². The van der Waals surface area contributed by atoms with Gasteiger partial charge >= 0.3 is 0 Å². The van der Waals surface area contributed by atoms with Crippen LogP contribution in [0.3, 0.4) is 0 Å². The number of methoxy groups -OCH3 is 2. The van der Waals surface area contributed by atoms with E-state index in [1.807, 2.05) is 53.9 Å². The molecule has 0 aliphatic carbocycles. The van der Waals surface area contributed by atoms with E-state index in [1.165, 1.54) is 0 Å². The third kappa shape index (κ3) is 4.84. The van der Waals surface area contributed by atoms with Crippen molar-refractivity contribution in [3.05, 3.63) is 71.9 Å². The Morgan fingerprint density at radius 3 is 2.47 bits per heavy atom. The molecule has 3 heterocycles. The maximum Gasteiger partial charge on any atom is 0.223 e. The lowest BCUT2D eigenvalue weighted by Gasteiger charge is -2.33. The van der Waals surface area contributed by atoms with E-state index in [1.54, 1.807) is 14.2 Å². The highest BCUT2D eigenvalue weighted by atomic mass is 16.5. The molecule has 0 atom stereocenters. The third-order valence-electron chi connectivity index (χ3n) is 6.71. The number of hydrogen-bond donors (Lipinski definition) is 1. The number of rotatable bonds is 7. The van der Waals surface area contributed by atoms with E-state index in [-0.39, 0.29) is 11.8 Å². The summed E-state index contributed by atoms with van der Waals surface area (Å²) in [6, 6.07) is 19.9. The van der Waals surface area contributed by atoms with Gasteiger partial charge in [-0.05, 0) is 37.5 Å². The SMILES string of the molecule is COc1ccc(CNC(=O)C2CCN(c3cc(C)nc4cc(-c5ccccc5)nn34)CC2)cc1OC. The number of aryl methyl sites for hydroxylation is 1. The molecule has 1 N–H and O–H groups in total. The fourth-order valence-corrected chi connectivity index (χ4v) is 4.75. The largest absolute Gasteiger partial charge is 0.493 e. The van der Waals surface area contributed by atoms with E-state index in [2.05, 4.69) is 33.4 Å². The summed E-state index contributed by atoms with van der Waals surface area (Å²) in [5, 5.41) is 7.95. The van der Waals surface area contributed by atoms with Crippen molar-refractivity contribution in [3.63, 3.8) is 0 Å². The fourth-order valence-electron chi connectivity index (χ4n) is 4.75. The molecule has 8 heteroatoms. The number of carbonyl (C=O) groups excluding carboxylic acids is 1. The number of piperidine rings is 1. The molecule has 0 radical (unpaired) electrons. The van der Waals surface area contributed by atoms with Crippen molar-refractivity contribution >= 4 is 17.4 Å². The number of aromatic nitrogens is 3. The zero-order valence-electron chi connectivity index (χ0n) is 20.9. The maximum absolute atomic E-state index is 12.9. The van der Waals surface area contributed by atoms with Gasteiger partial charge in [-0.2, -0.15) is 9.61 Å². The molecular formula is C28H31N5O3. The summed E-state index contributed by atoms with van der Waals surface area (Å²) in [7, 11) is 3.22. The molecule has 5 rings (SSSR count). The average molecular weight is 486 g/mol. The summed E-state index contributed by atoms with van der Waals surface area (Å²) in [5.41, 5.74) is 4.72. The van der Waals surface area contributed by atoms with Gasteiger partial charge in [-0.1, -0.05) is 36.4 Å². The van der Waals surface area contributed by atoms with E-state index in [4.69, 9.17) is 14.6 Å². The van der Waals surface area contributed by atoms with Gasteiger partial charge in [0.25, 0.3) is 0 Å². The van der Waals surface area contributed by atoms with Gasteiger partial charge in [0.05, 0.1) is 19.9 Å². The molecule has 2 aromatic heterocycles. The Labute approximate surface area is 210 Å². The summed E-state index contributed by atoms with van der Waals surface area (Å²) < 4.78 is 12.6. The zero-order valence-corrected chi connectivity index (χ0v) is 20.9. The van der Waals surface area contributed by atoms with Crippen LogP contribution in [-0.2, 0) is 11.3 Å². The van der Waals surface area contributed by atoms with Gasteiger partial charge in [-0.3, -0.25) is 4.79 Å². The number of anilines is 1. The number of ether oxygens (including phenoxy) is 2. The highest BCUT2D eigenvalue weighted by molar-refractivity contribution is 5.79. The number of benzene rings is 2. The van der Waals surface area contributed by atoms with E-state index in [0.29, 0.717) is 18.0 Å². The van der Waals surface area contributed by atoms with Gasteiger partial charge in [-0.15, -0.1) is 0 Å². The first-order valence-electron chi connectivity index (χ1n) is 12.2. The minimum Gasteiger partial charge on any atom is -0.493 e. The Hall–Kier alpha value is -4.07. The average Bonchev–Trinajstić information content (AvgIpc) is 3.35. The van der Waals surface area contributed by atoms with Crippen LogP contribution < -0.4 is 19.7 Å². The van der Waals surface area contributed by atoms with Gasteiger partial charge < -0.3 is 19.7 Å². The molecule has 1 fully saturated rings. The van der Waals surface area contributed by atoms with E-state index < -0.39 is 0 Å². The van der Waals surface area contributed by atoms with E-state index >= 15 is 0 Å². The molecule has 36 heavy (non-hydrogen) atoms. The summed E-state index contributed by atoms with van der Waals surface area (Å²) in [6.07, 6.45) is 1.57. The van der Waals surface area contributed by atoms with Gasteiger partial charge in [0.2, 0.25) is 5.91 Å². The van der Waals surface area contributed by atoms with Crippen molar-refractivity contribution in [3.8, 4) is 22.8 Å². The number of amides is 1. The molecule has 1 saturated heterocycles. The normalized spacial score (nSPS) is 14.1. The van der Waals surface area contributed by atoms with Gasteiger partial charge in [0, 0.05) is 48.9 Å². The molecule has 4 aromatic rings. The molecule has 1 amide bonds. The van der Waals surface area contributed by atoms with Crippen molar-refractivity contribution in [2.45, 2.75) is 26.3 Å². The molecule has 2 aromatic carbocycles. The van der Waals surface area contributed by atoms with Crippen LogP contribution in [-0.4, -0.2) is 47.8 Å². The van der Waals surface area contributed by atoms with Crippen LogP contribution in [0.4, 0.5) is 5.82 Å². The minimum atomic E-state index is -0.0164. The molecule has 1 aliphatic heterocycles. The van der Waals surface area contributed by atoms with Gasteiger partial charge in [-0.25, -0.2) is 4.98 Å². The monoisotopic (exact) mass is 485 g/mol. The van der Waals surface area contributed by atoms with Crippen molar-refractivity contribution in [1.82, 2.24) is 19.9 Å². The molecule has 0 spiro atoms. The molecule has 8 nitrogen and oxygen atoms in total. The lowest BCUT2D eigenvalue weighted by atomic mass is 9.95. The van der Waals surface area contributed by atoms with Crippen molar-refractivity contribution in [2.24, 2.45) is 5.92 Å². The number of carbonyl (C=O) groups is 1. The van der Waals surface area contributed by atoms with Crippen LogP contribution in [0.2, 0.25) is 0 Å². The lowest BCUT2D eigenvalue weighted by molar-refractivity contribution is -0.125. The predicted molar refractivity (Wildman–Crippen MR) is 139 cm³/mol. The summed E-state index contributed by atoms with van der Waals surface area (Å²) in [4.78, 5) is 19.9. The fraction of sp³-hybridized carbons (Fsp3) is 0.321. The lowest BCUT2D eigenvalue weighted by Crippen LogP contribution is -2.41. The molecule has 0 unspecified atom stereocenters. The van der Waals surface area contributed by atoms with Crippen molar-refractivity contribution < 1.29 is 14.3 Å². The number of fused-ring (bicyclic) bond motifs is 1. The highest BCUT2D eigenvalue weighted by Gasteiger charge is 2.26. The van der Waals surface area contributed by atoms with Gasteiger partial charge in [0.1, 0.15) is 5.82 Å². The van der Waals surface area contributed by atoms with E-state index in [0.717, 1.165) is 59.9 Å². The first kappa shape index (κ1) is 23.7. The molecule has 1 aliphatic rings. The van der Waals surface area contributed by atoms with Gasteiger partial charge in [0.15, 0.2) is 17.1 Å². The minimum absolute atomic E-state index is 0.0164. The second-order valence-electron chi connectivity index (χ2n) is 9.09. The van der Waals surface area contributed by atoms with Crippen LogP contribution in [0.15, 0.2) is 60.7 Å². The Balaban J connectivity index is 1.24. The van der Waals surface area contributed by atoms with Crippen LogP contribution in [0.5, 0.6) is 11.5 Å². The summed E-state index contributed by atoms with van der Waals surface area (Å²) in [5.74, 6) is 2.42. The quantitative estimate of drug-likeness (QED) is 0.421. The standard InChI is InChI=1S/C28H31N5O3/c1-19-15-27(33-26(30-19)17-23(31-33)21-7-5-4-6-8-21)32-13-11-22(12-14-32)28(34)29-18-20-9-10-24(35-2)25(16-20)36-3/h4-10,15-17,22H,11-14,18H2,1-3H3,(H,29,34). The Morgan fingerprint density at radius 2 is 1.75 bits per heavy atom. The van der Waals surface area contributed by atoms with Crippen LogP contribution in [0.25, 0.3) is 16.9 Å². The first-order valence-corrected chi connectivity index (χ1v) is 12.2. The summed E-state index contributed by atoms with van der Waals surface area (Å²) in [6.45, 7) is 4.03. The Bertz CT molecular complexity index is 1360. The molecule has 186 valence electrons. The first-order chi connectivity index (χ1) is 17.6. The number of nitrogens with one attached hydrogen (secondary N) is 1. The second kappa shape index (κ2) is 10.3. The maximum atomic E-state index is 12.9. The second-order valence-corrected chi connectivity index (χ2v) is 9.09. The molecular weight excluding hydrogens is 454 g/mol. The predicted octanol–water partition coefficient (Wildman–Crippen LogP) is 4.25.